The third kappa shape index (κ3) is 3.14. The van der Waals surface area contributed by atoms with Crippen LogP contribution in [-0.4, -0.2) is 21.2 Å². The summed E-state index contributed by atoms with van der Waals surface area (Å²) in [7, 11) is -2.03. The Morgan fingerprint density at radius 1 is 1.29 bits per heavy atom. The molecule has 0 spiro atoms. The highest BCUT2D eigenvalue weighted by Gasteiger charge is 2.16. The lowest BCUT2D eigenvalue weighted by Gasteiger charge is -2.12. The number of rotatable bonds is 5. The van der Waals surface area contributed by atoms with Gasteiger partial charge in [-0.05, 0) is 38.1 Å². The van der Waals surface area contributed by atoms with E-state index in [9.17, 15) is 13.2 Å². The summed E-state index contributed by atoms with van der Waals surface area (Å²) in [4.78, 5) is 11.6. The van der Waals surface area contributed by atoms with E-state index in [-0.39, 0.29) is 16.6 Å². The minimum atomic E-state index is -3.40. The van der Waals surface area contributed by atoms with Gasteiger partial charge in [-0.25, -0.2) is 13.1 Å². The Balaban J connectivity index is 3.07. The van der Waals surface area contributed by atoms with Gasteiger partial charge in [-0.15, -0.1) is 0 Å². The molecule has 4 nitrogen and oxygen atoms in total. The van der Waals surface area contributed by atoms with Gasteiger partial charge in [-0.2, -0.15) is 0 Å². The Morgan fingerprint density at radius 2 is 1.82 bits per heavy atom. The van der Waals surface area contributed by atoms with E-state index in [1.165, 1.54) is 19.2 Å². The van der Waals surface area contributed by atoms with Crippen LogP contribution in [0.2, 0.25) is 0 Å². The summed E-state index contributed by atoms with van der Waals surface area (Å²) in [5.41, 5.74) is 0.857. The summed E-state index contributed by atoms with van der Waals surface area (Å²) < 4.78 is 25.3. The van der Waals surface area contributed by atoms with Gasteiger partial charge < -0.3 is 0 Å². The zero-order chi connectivity index (χ0) is 13.1. The Bertz CT molecular complexity index is 491. The molecule has 5 heteroatoms. The van der Waals surface area contributed by atoms with Crippen molar-refractivity contribution in [3.63, 3.8) is 0 Å². The van der Waals surface area contributed by atoms with Gasteiger partial charge in [0, 0.05) is 5.92 Å². The molecular formula is C12H17NO3S. The van der Waals surface area contributed by atoms with Gasteiger partial charge in [-0.1, -0.05) is 19.1 Å². The predicted molar refractivity (Wildman–Crippen MR) is 66.4 cm³/mol. The fraction of sp³-hybridized carbons (Fsp3) is 0.417. The Hall–Kier alpha value is -1.20. The van der Waals surface area contributed by atoms with E-state index >= 15 is 0 Å². The number of hydrogen-bond acceptors (Lipinski definition) is 3. The molecule has 0 bridgehead atoms. The van der Waals surface area contributed by atoms with Crippen molar-refractivity contribution < 1.29 is 13.2 Å². The molecule has 1 aromatic carbocycles. The van der Waals surface area contributed by atoms with E-state index in [0.29, 0.717) is 6.42 Å². The van der Waals surface area contributed by atoms with Crippen molar-refractivity contribution in [2.24, 2.45) is 0 Å². The van der Waals surface area contributed by atoms with Gasteiger partial charge in [0.15, 0.2) is 0 Å². The molecule has 94 valence electrons. The van der Waals surface area contributed by atoms with Crippen LogP contribution in [0.3, 0.4) is 0 Å². The molecular weight excluding hydrogens is 238 g/mol. The number of sulfonamides is 1. The molecule has 0 saturated heterocycles. The van der Waals surface area contributed by atoms with Crippen LogP contribution in [-0.2, 0) is 14.8 Å². The Morgan fingerprint density at radius 3 is 2.18 bits per heavy atom. The summed E-state index contributed by atoms with van der Waals surface area (Å²) in [6.07, 6.45) is 0.716. The van der Waals surface area contributed by atoms with Crippen LogP contribution in [0.25, 0.3) is 0 Å². The van der Waals surface area contributed by atoms with Crippen molar-refractivity contribution in [1.29, 1.82) is 0 Å². The second-order valence-corrected chi connectivity index (χ2v) is 5.73. The molecule has 0 amide bonds. The first kappa shape index (κ1) is 13.9. The predicted octanol–water partition coefficient (Wildman–Crippen LogP) is 1.68. The van der Waals surface area contributed by atoms with Crippen LogP contribution >= 0.6 is 0 Å². The standard InChI is InChI=1S/C12H17NO3S/c1-4-12(9(2)14)10-5-7-11(8-6-10)17(15,16)13-3/h5-8,12-13H,4H2,1-3H3. The molecule has 0 saturated carbocycles. The number of Topliss-reactive ketones (excluding diaryl/α,β-unsaturated/α-hetero) is 1. The van der Waals surface area contributed by atoms with Gasteiger partial charge in [0.2, 0.25) is 10.0 Å². The zero-order valence-electron chi connectivity index (χ0n) is 10.2. The minimum Gasteiger partial charge on any atom is -0.299 e. The molecule has 1 atom stereocenters. The number of ketones is 1. The smallest absolute Gasteiger partial charge is 0.240 e. The maximum absolute atomic E-state index is 11.5. The highest BCUT2D eigenvalue weighted by atomic mass is 32.2. The molecule has 0 aromatic heterocycles. The van der Waals surface area contributed by atoms with Crippen LogP contribution in [0.5, 0.6) is 0 Å². The molecule has 0 aliphatic heterocycles. The van der Waals surface area contributed by atoms with Crippen LogP contribution in [0, 0.1) is 0 Å². The first-order valence-electron chi connectivity index (χ1n) is 5.46. The highest BCUT2D eigenvalue weighted by molar-refractivity contribution is 7.89. The number of benzene rings is 1. The first-order valence-corrected chi connectivity index (χ1v) is 6.94. The lowest BCUT2D eigenvalue weighted by Crippen LogP contribution is -2.18. The summed E-state index contributed by atoms with van der Waals surface area (Å²) in [6, 6.07) is 6.43. The topological polar surface area (TPSA) is 63.2 Å². The van der Waals surface area contributed by atoms with E-state index in [4.69, 9.17) is 0 Å². The largest absolute Gasteiger partial charge is 0.299 e. The minimum absolute atomic E-state index is 0.0942. The third-order valence-electron chi connectivity index (χ3n) is 2.76. The van der Waals surface area contributed by atoms with Crippen molar-refractivity contribution >= 4 is 15.8 Å². The van der Waals surface area contributed by atoms with E-state index in [1.807, 2.05) is 6.92 Å². The molecule has 1 rings (SSSR count). The number of carbonyl (C=O) groups is 1. The zero-order valence-corrected chi connectivity index (χ0v) is 11.0. The first-order chi connectivity index (χ1) is 7.92. The van der Waals surface area contributed by atoms with Gasteiger partial charge in [0.1, 0.15) is 5.78 Å². The maximum atomic E-state index is 11.5. The maximum Gasteiger partial charge on any atom is 0.240 e. The third-order valence-corrected chi connectivity index (χ3v) is 4.19. The molecule has 0 fully saturated rings. The number of carbonyl (C=O) groups excluding carboxylic acids is 1. The highest BCUT2D eigenvalue weighted by Crippen LogP contribution is 2.22. The molecule has 1 unspecified atom stereocenters. The molecule has 0 radical (unpaired) electrons. The van der Waals surface area contributed by atoms with Crippen molar-refractivity contribution in [3.8, 4) is 0 Å². The second kappa shape index (κ2) is 5.42. The number of hydrogen-bond donors (Lipinski definition) is 1. The molecule has 0 aliphatic rings. The molecule has 0 heterocycles. The fourth-order valence-electron chi connectivity index (χ4n) is 1.76. The van der Waals surface area contributed by atoms with Gasteiger partial charge in [0.25, 0.3) is 0 Å². The van der Waals surface area contributed by atoms with E-state index in [0.717, 1.165) is 5.56 Å². The summed E-state index contributed by atoms with van der Waals surface area (Å²) in [5.74, 6) is -0.0573. The molecule has 1 aromatic rings. The molecule has 0 aliphatic carbocycles. The van der Waals surface area contributed by atoms with E-state index in [2.05, 4.69) is 4.72 Å². The lowest BCUT2D eigenvalue weighted by atomic mass is 9.93. The SMILES string of the molecule is CCC(C(C)=O)c1ccc(S(=O)(=O)NC)cc1. The average molecular weight is 255 g/mol. The van der Waals surface area contributed by atoms with Gasteiger partial charge in [0.05, 0.1) is 4.90 Å². The monoisotopic (exact) mass is 255 g/mol. The summed E-state index contributed by atoms with van der Waals surface area (Å²) in [5, 5.41) is 0. The fourth-order valence-corrected chi connectivity index (χ4v) is 2.49. The van der Waals surface area contributed by atoms with E-state index in [1.54, 1.807) is 19.1 Å². The molecule has 1 N–H and O–H groups in total. The van der Waals surface area contributed by atoms with Crippen molar-refractivity contribution in [3.05, 3.63) is 29.8 Å². The second-order valence-electron chi connectivity index (χ2n) is 3.85. The van der Waals surface area contributed by atoms with Crippen LogP contribution in [0.1, 0.15) is 31.7 Å². The van der Waals surface area contributed by atoms with Crippen LogP contribution < -0.4 is 4.72 Å². The van der Waals surface area contributed by atoms with Gasteiger partial charge in [-0.3, -0.25) is 4.79 Å². The molecule has 17 heavy (non-hydrogen) atoms. The van der Waals surface area contributed by atoms with E-state index < -0.39 is 10.0 Å². The van der Waals surface area contributed by atoms with Crippen molar-refractivity contribution in [2.45, 2.75) is 31.1 Å². The van der Waals surface area contributed by atoms with Crippen molar-refractivity contribution in [1.82, 2.24) is 4.72 Å². The Kier molecular flexibility index (Phi) is 4.42. The van der Waals surface area contributed by atoms with Crippen molar-refractivity contribution in [2.75, 3.05) is 7.05 Å². The Labute approximate surface area is 102 Å². The summed E-state index contributed by atoms with van der Waals surface area (Å²) >= 11 is 0. The lowest BCUT2D eigenvalue weighted by molar-refractivity contribution is -0.118. The average Bonchev–Trinajstić information content (AvgIpc) is 2.30. The number of nitrogens with one attached hydrogen (secondary N) is 1. The van der Waals surface area contributed by atoms with Crippen LogP contribution in [0.4, 0.5) is 0 Å². The normalized spacial score (nSPS) is 13.4. The summed E-state index contributed by atoms with van der Waals surface area (Å²) in [6.45, 7) is 3.48. The van der Waals surface area contributed by atoms with Crippen LogP contribution in [0.15, 0.2) is 29.2 Å². The quantitative estimate of drug-likeness (QED) is 0.870. The van der Waals surface area contributed by atoms with Gasteiger partial charge >= 0.3 is 0 Å².